The monoisotopic (exact) mass is 865 g/mol. The summed E-state index contributed by atoms with van der Waals surface area (Å²) < 4.78 is 4.39. The molecule has 326 valence electrons. The third kappa shape index (κ3) is 8.30. The molecule has 10 rings (SSSR count). The minimum atomic E-state index is -0.614. The summed E-state index contributed by atoms with van der Waals surface area (Å²) in [6.07, 6.45) is 10.8. The molecule has 0 saturated heterocycles. The number of aryl methyl sites for hydroxylation is 2. The first-order valence-corrected chi connectivity index (χ1v) is 22.5. The summed E-state index contributed by atoms with van der Waals surface area (Å²) in [4.78, 5) is 36.3. The standard InChI is InChI=1S/C33H27N3O2.C25H24N2O/c37-31-29-20-10-11-21-30(29)32(38)36(31)22-12-19-28-23-35(24-34-28)33(25-13-4-1-5-14-25,26-15-6-2-7-16-26)27-17-8-3-9-18-27;28-18-10-17-24-19-27(20-26-24)25(21-11-4-1-5-12-21,22-13-6-2-7-14-22)23-15-8-3-9-16-23/h1-11,13-18,20-21,23-24H,12,19,22H2;1-9,11-16,19-20,28H,10,17-18H2. The molecule has 66 heavy (non-hydrogen) atoms. The Morgan fingerprint density at radius 3 is 0.985 bits per heavy atom. The number of benzene rings is 7. The number of hydrogen-bond acceptors (Lipinski definition) is 5. The van der Waals surface area contributed by atoms with Gasteiger partial charge in [-0.2, -0.15) is 0 Å². The maximum Gasteiger partial charge on any atom is 0.261 e. The van der Waals surface area contributed by atoms with Gasteiger partial charge in [-0.3, -0.25) is 14.5 Å². The van der Waals surface area contributed by atoms with Crippen LogP contribution in [-0.4, -0.2) is 54.1 Å². The molecule has 0 bridgehead atoms. The Balaban J connectivity index is 0.000000174. The van der Waals surface area contributed by atoms with Crippen LogP contribution in [0.3, 0.4) is 0 Å². The Labute approximate surface area is 386 Å². The number of rotatable bonds is 15. The zero-order valence-corrected chi connectivity index (χ0v) is 36.7. The van der Waals surface area contributed by atoms with E-state index in [9.17, 15) is 14.7 Å². The smallest absolute Gasteiger partial charge is 0.261 e. The van der Waals surface area contributed by atoms with E-state index in [2.05, 4.69) is 172 Å². The van der Waals surface area contributed by atoms with E-state index in [0.717, 1.165) is 34.5 Å². The van der Waals surface area contributed by atoms with E-state index in [-0.39, 0.29) is 18.4 Å². The number of amides is 2. The van der Waals surface area contributed by atoms with Gasteiger partial charge in [0.15, 0.2) is 0 Å². The van der Waals surface area contributed by atoms with Gasteiger partial charge >= 0.3 is 0 Å². The molecular formula is C58H51N5O3. The lowest BCUT2D eigenvalue weighted by Crippen LogP contribution is -2.36. The molecule has 1 aliphatic rings. The van der Waals surface area contributed by atoms with E-state index in [0.29, 0.717) is 36.9 Å². The van der Waals surface area contributed by atoms with E-state index < -0.39 is 11.1 Å². The van der Waals surface area contributed by atoms with Crippen LogP contribution in [0.2, 0.25) is 0 Å². The van der Waals surface area contributed by atoms with Crippen molar-refractivity contribution < 1.29 is 14.7 Å². The summed E-state index contributed by atoms with van der Waals surface area (Å²) >= 11 is 0. The van der Waals surface area contributed by atoms with Crippen LogP contribution in [0.25, 0.3) is 0 Å². The normalized spacial score (nSPS) is 12.4. The summed E-state index contributed by atoms with van der Waals surface area (Å²) in [7, 11) is 0. The van der Waals surface area contributed by atoms with Gasteiger partial charge in [0.1, 0.15) is 11.1 Å². The lowest BCUT2D eigenvalue weighted by atomic mass is 9.77. The van der Waals surface area contributed by atoms with Crippen molar-refractivity contribution in [2.45, 2.75) is 36.8 Å². The van der Waals surface area contributed by atoms with E-state index in [1.807, 2.05) is 49.1 Å². The Morgan fingerprint density at radius 2 is 0.682 bits per heavy atom. The molecule has 0 unspecified atom stereocenters. The van der Waals surface area contributed by atoms with E-state index >= 15 is 0 Å². The second-order valence-corrected chi connectivity index (χ2v) is 16.4. The van der Waals surface area contributed by atoms with Crippen molar-refractivity contribution in [3.63, 3.8) is 0 Å². The Morgan fingerprint density at radius 1 is 0.394 bits per heavy atom. The Hall–Kier alpha value is -7.94. The Kier molecular flexibility index (Phi) is 13.0. The molecule has 8 nitrogen and oxygen atoms in total. The van der Waals surface area contributed by atoms with Crippen LogP contribution in [0.4, 0.5) is 0 Å². The quantitative estimate of drug-likeness (QED) is 0.0818. The van der Waals surface area contributed by atoms with Crippen molar-refractivity contribution >= 4 is 11.8 Å². The summed E-state index contributed by atoms with van der Waals surface area (Å²) in [5, 5.41) is 9.19. The highest BCUT2D eigenvalue weighted by Gasteiger charge is 2.40. The number of aliphatic hydroxyl groups is 1. The van der Waals surface area contributed by atoms with E-state index in [4.69, 9.17) is 4.98 Å². The first-order valence-electron chi connectivity index (χ1n) is 22.5. The number of aromatic nitrogens is 4. The molecule has 3 heterocycles. The summed E-state index contributed by atoms with van der Waals surface area (Å²) in [6.45, 7) is 0.536. The van der Waals surface area contributed by atoms with Crippen molar-refractivity contribution in [3.8, 4) is 0 Å². The molecule has 2 aromatic heterocycles. The van der Waals surface area contributed by atoms with E-state index in [1.165, 1.54) is 21.6 Å². The lowest BCUT2D eigenvalue weighted by Gasteiger charge is -2.37. The van der Waals surface area contributed by atoms with Gasteiger partial charge in [-0.25, -0.2) is 9.97 Å². The van der Waals surface area contributed by atoms with Crippen LogP contribution < -0.4 is 0 Å². The first-order chi connectivity index (χ1) is 32.5. The largest absolute Gasteiger partial charge is 0.396 e. The van der Waals surface area contributed by atoms with Gasteiger partial charge in [0.2, 0.25) is 0 Å². The molecule has 0 aliphatic carbocycles. The maximum atomic E-state index is 12.7. The van der Waals surface area contributed by atoms with Gasteiger partial charge in [0, 0.05) is 25.5 Å². The van der Waals surface area contributed by atoms with Crippen LogP contribution in [0.5, 0.6) is 0 Å². The minimum Gasteiger partial charge on any atom is -0.396 e. The fourth-order valence-electron chi connectivity index (χ4n) is 9.44. The third-order valence-electron chi connectivity index (χ3n) is 12.5. The van der Waals surface area contributed by atoms with Crippen molar-refractivity contribution in [2.24, 2.45) is 0 Å². The van der Waals surface area contributed by atoms with Crippen LogP contribution in [0.1, 0.15) is 78.3 Å². The molecule has 1 N–H and O–H groups in total. The van der Waals surface area contributed by atoms with Crippen LogP contribution in [0.15, 0.2) is 231 Å². The second-order valence-electron chi connectivity index (χ2n) is 16.4. The van der Waals surface area contributed by atoms with Crippen molar-refractivity contribution in [3.05, 3.63) is 287 Å². The molecule has 2 amide bonds. The lowest BCUT2D eigenvalue weighted by molar-refractivity contribution is 0.0652. The van der Waals surface area contributed by atoms with Crippen molar-refractivity contribution in [1.29, 1.82) is 0 Å². The zero-order valence-electron chi connectivity index (χ0n) is 36.7. The molecule has 0 radical (unpaired) electrons. The highest BCUT2D eigenvalue weighted by atomic mass is 16.3. The number of nitrogens with zero attached hydrogens (tertiary/aromatic N) is 5. The number of imide groups is 1. The zero-order chi connectivity index (χ0) is 45.2. The molecule has 7 aromatic carbocycles. The second kappa shape index (κ2) is 19.8. The average Bonchev–Trinajstić information content (AvgIpc) is 4.13. The molecule has 9 aromatic rings. The van der Waals surface area contributed by atoms with Gasteiger partial charge in [-0.1, -0.05) is 194 Å². The fourth-order valence-corrected chi connectivity index (χ4v) is 9.44. The maximum absolute atomic E-state index is 12.7. The Bertz CT molecular complexity index is 2740. The molecule has 0 fully saturated rings. The number of aliphatic hydroxyl groups excluding tert-OH is 1. The molecule has 0 atom stereocenters. The highest BCUT2D eigenvalue weighted by Crippen LogP contribution is 2.42. The van der Waals surface area contributed by atoms with Crippen molar-refractivity contribution in [2.75, 3.05) is 13.2 Å². The van der Waals surface area contributed by atoms with Gasteiger partial charge < -0.3 is 14.2 Å². The number of carbonyl (C=O) groups excluding carboxylic acids is 2. The number of hydrogen-bond donors (Lipinski definition) is 1. The third-order valence-corrected chi connectivity index (χ3v) is 12.5. The van der Waals surface area contributed by atoms with Gasteiger partial charge in [0.25, 0.3) is 11.8 Å². The fraction of sp³-hybridized carbons (Fsp3) is 0.138. The van der Waals surface area contributed by atoms with Crippen molar-refractivity contribution in [1.82, 2.24) is 24.0 Å². The first kappa shape index (κ1) is 43.3. The van der Waals surface area contributed by atoms with Gasteiger partial charge in [-0.05, 0) is 71.2 Å². The van der Waals surface area contributed by atoms with Gasteiger partial charge in [-0.15, -0.1) is 0 Å². The topological polar surface area (TPSA) is 93.3 Å². The highest BCUT2D eigenvalue weighted by molar-refractivity contribution is 6.21. The summed E-state index contributed by atoms with van der Waals surface area (Å²) in [5.41, 5.74) is 8.67. The molecule has 0 spiro atoms. The molecular weight excluding hydrogens is 815 g/mol. The molecule has 0 saturated carbocycles. The van der Waals surface area contributed by atoms with Crippen LogP contribution >= 0.6 is 0 Å². The molecule has 1 aliphatic heterocycles. The number of imidazole rings is 2. The van der Waals surface area contributed by atoms with E-state index in [1.54, 1.807) is 24.3 Å². The minimum absolute atomic E-state index is 0.175. The summed E-state index contributed by atoms with van der Waals surface area (Å²) in [6, 6.07) is 70.1. The number of fused-ring (bicyclic) bond motifs is 1. The van der Waals surface area contributed by atoms with Gasteiger partial charge in [0.05, 0.1) is 35.2 Å². The van der Waals surface area contributed by atoms with Crippen LogP contribution in [-0.2, 0) is 23.9 Å². The molecule has 8 heteroatoms. The summed E-state index contributed by atoms with van der Waals surface area (Å²) in [5.74, 6) is -0.431. The predicted molar refractivity (Wildman–Crippen MR) is 259 cm³/mol. The predicted octanol–water partition coefficient (Wildman–Crippen LogP) is 10.6. The van der Waals surface area contributed by atoms with Crippen LogP contribution in [0, 0.1) is 0 Å². The number of carbonyl (C=O) groups is 2. The SMILES string of the molecule is O=C1c2ccccc2C(=O)N1CCCc1cn(C(c2ccccc2)(c2ccccc2)c2ccccc2)cn1.OCCCc1cn(C(c2ccccc2)(c2ccccc2)c2ccccc2)cn1. The average molecular weight is 866 g/mol.